The van der Waals surface area contributed by atoms with Crippen molar-refractivity contribution < 1.29 is 14.0 Å². The van der Waals surface area contributed by atoms with Crippen molar-refractivity contribution in [2.75, 3.05) is 10.3 Å². The van der Waals surface area contributed by atoms with E-state index in [9.17, 15) is 14.0 Å². The number of benzene rings is 2. The van der Waals surface area contributed by atoms with E-state index in [1.54, 1.807) is 43.5 Å². The van der Waals surface area contributed by atoms with Crippen molar-refractivity contribution >= 4 is 39.6 Å². The average Bonchev–Trinajstić information content (AvgIpc) is 3.28. The second-order valence-electron chi connectivity index (χ2n) is 7.91. The number of nitrogens with zero attached hydrogens (tertiary/aromatic N) is 3. The Morgan fingerprint density at radius 3 is 2.46 bits per heavy atom. The van der Waals surface area contributed by atoms with Crippen LogP contribution in [0, 0.1) is 12.7 Å². The van der Waals surface area contributed by atoms with Crippen LogP contribution in [-0.2, 0) is 0 Å². The Bertz CT molecular complexity index is 1370. The van der Waals surface area contributed by atoms with Gasteiger partial charge in [0.1, 0.15) is 16.9 Å². The summed E-state index contributed by atoms with van der Waals surface area (Å²) in [6.45, 7) is 3.40. The van der Waals surface area contributed by atoms with Gasteiger partial charge in [0.05, 0.1) is 28.3 Å². The van der Waals surface area contributed by atoms with Crippen molar-refractivity contribution in [3.8, 4) is 11.3 Å². The molecule has 0 aliphatic carbocycles. The molecule has 2 aromatic carbocycles. The molecule has 0 spiro atoms. The normalized spacial score (nSPS) is 11.7. The van der Waals surface area contributed by atoms with Crippen LogP contribution in [0.25, 0.3) is 11.3 Å². The van der Waals surface area contributed by atoms with E-state index < -0.39 is 17.8 Å². The first-order valence-corrected chi connectivity index (χ1v) is 11.4. The molecule has 35 heavy (non-hydrogen) atoms. The molecule has 1 amide bonds. The van der Waals surface area contributed by atoms with Crippen molar-refractivity contribution in [3.63, 3.8) is 0 Å². The first kappa shape index (κ1) is 24.0. The first-order valence-electron chi connectivity index (χ1n) is 10.7. The van der Waals surface area contributed by atoms with Crippen LogP contribution < -0.4 is 21.9 Å². The topological polar surface area (TPSA) is 127 Å². The lowest BCUT2D eigenvalue weighted by atomic mass is 10.0. The van der Waals surface area contributed by atoms with Gasteiger partial charge in [-0.05, 0) is 55.7 Å². The number of Topliss-reactive ketones (excluding diaryl/α,β-unsaturated/α-hetero) is 1. The van der Waals surface area contributed by atoms with Crippen LogP contribution in [0.2, 0.25) is 0 Å². The van der Waals surface area contributed by atoms with Gasteiger partial charge >= 0.3 is 0 Å². The summed E-state index contributed by atoms with van der Waals surface area (Å²) in [6, 6.07) is 15.8. The fourth-order valence-corrected chi connectivity index (χ4v) is 4.21. The molecule has 0 aliphatic heterocycles. The van der Waals surface area contributed by atoms with Crippen molar-refractivity contribution in [2.24, 2.45) is 11.6 Å². The van der Waals surface area contributed by atoms with Gasteiger partial charge in [0.25, 0.3) is 5.91 Å². The Morgan fingerprint density at radius 2 is 1.86 bits per heavy atom. The number of pyridine rings is 1. The molecular formula is C25H23FN6O2S. The molecule has 5 N–H and O–H groups in total. The van der Waals surface area contributed by atoms with Crippen LogP contribution in [0.5, 0.6) is 0 Å². The summed E-state index contributed by atoms with van der Waals surface area (Å²) in [5, 5.41) is 4.72. The van der Waals surface area contributed by atoms with Gasteiger partial charge in [0.15, 0.2) is 5.78 Å². The van der Waals surface area contributed by atoms with E-state index in [1.807, 2.05) is 25.1 Å². The molecule has 4 aromatic rings. The highest BCUT2D eigenvalue weighted by molar-refractivity contribution is 7.10. The quantitative estimate of drug-likeness (QED) is 0.189. The molecule has 2 heterocycles. The number of aryl methyl sites for hydroxylation is 1. The molecule has 0 saturated carbocycles. The number of nitrogens with two attached hydrogens (primary N) is 2. The fraction of sp³-hybridized carbons (Fsp3) is 0.120. The molecule has 4 rings (SSSR count). The van der Waals surface area contributed by atoms with Gasteiger partial charge in [-0.3, -0.25) is 19.6 Å². The summed E-state index contributed by atoms with van der Waals surface area (Å²) in [5.41, 5.74) is 8.44. The van der Waals surface area contributed by atoms with Gasteiger partial charge in [-0.2, -0.15) is 4.37 Å². The molecule has 178 valence electrons. The third-order valence-corrected chi connectivity index (χ3v) is 6.24. The number of amides is 1. The van der Waals surface area contributed by atoms with Gasteiger partial charge in [-0.15, -0.1) is 0 Å². The van der Waals surface area contributed by atoms with E-state index in [4.69, 9.17) is 11.6 Å². The zero-order chi connectivity index (χ0) is 25.1. The lowest BCUT2D eigenvalue weighted by Crippen LogP contribution is -2.45. The summed E-state index contributed by atoms with van der Waals surface area (Å²) < 4.78 is 19.1. The van der Waals surface area contributed by atoms with E-state index >= 15 is 0 Å². The number of ketones is 1. The first-order chi connectivity index (χ1) is 16.7. The highest BCUT2D eigenvalue weighted by atomic mass is 32.1. The van der Waals surface area contributed by atoms with Crippen LogP contribution in [0.4, 0.5) is 20.8 Å². The van der Waals surface area contributed by atoms with Crippen LogP contribution in [0.3, 0.4) is 0 Å². The van der Waals surface area contributed by atoms with E-state index in [0.29, 0.717) is 10.6 Å². The Labute approximate surface area is 205 Å². The lowest BCUT2D eigenvalue weighted by Gasteiger charge is -2.26. The molecule has 8 nitrogen and oxygen atoms in total. The van der Waals surface area contributed by atoms with Crippen LogP contribution in [0.15, 0.2) is 66.9 Å². The number of hydrogen-bond acceptors (Lipinski definition) is 8. The number of carbonyl (C=O) groups is 2. The monoisotopic (exact) mass is 490 g/mol. The molecule has 1 atom stereocenters. The third kappa shape index (κ3) is 5.18. The number of hydrogen-bond donors (Lipinski definition) is 3. The molecule has 0 bridgehead atoms. The summed E-state index contributed by atoms with van der Waals surface area (Å²) in [4.78, 5) is 29.3. The van der Waals surface area contributed by atoms with E-state index in [2.05, 4.69) is 14.7 Å². The SMILES string of the molecule is Cc1cc(Nc2cc(N(N)C(C)C(=O)c3ccc(-c4ccccn4)cc3)c(F)cc2C(N)=O)sn1. The second-order valence-corrected chi connectivity index (χ2v) is 8.72. The predicted molar refractivity (Wildman–Crippen MR) is 135 cm³/mol. The van der Waals surface area contributed by atoms with Crippen LogP contribution in [0.1, 0.15) is 33.3 Å². The minimum Gasteiger partial charge on any atom is -0.366 e. The largest absolute Gasteiger partial charge is 0.366 e. The Kier molecular flexibility index (Phi) is 6.85. The van der Waals surface area contributed by atoms with Crippen LogP contribution >= 0.6 is 11.5 Å². The molecule has 2 aromatic heterocycles. The lowest BCUT2D eigenvalue weighted by molar-refractivity contribution is 0.0962. The van der Waals surface area contributed by atoms with Crippen molar-refractivity contribution in [2.45, 2.75) is 19.9 Å². The number of rotatable bonds is 8. The van der Waals surface area contributed by atoms with Gasteiger partial charge in [-0.25, -0.2) is 10.2 Å². The zero-order valence-corrected chi connectivity index (χ0v) is 19.8. The summed E-state index contributed by atoms with van der Waals surface area (Å²) >= 11 is 1.18. The Balaban J connectivity index is 1.60. The maximum Gasteiger partial charge on any atom is 0.250 e. The fourth-order valence-electron chi connectivity index (χ4n) is 3.54. The van der Waals surface area contributed by atoms with E-state index in [1.165, 1.54) is 17.6 Å². The molecule has 10 heteroatoms. The molecule has 1 unspecified atom stereocenters. The maximum atomic E-state index is 15.0. The highest BCUT2D eigenvalue weighted by Gasteiger charge is 2.25. The summed E-state index contributed by atoms with van der Waals surface area (Å²) in [6.07, 6.45) is 1.69. The second kappa shape index (κ2) is 10.00. The number of anilines is 3. The number of primary amides is 1. The number of aromatic nitrogens is 2. The molecule has 0 radical (unpaired) electrons. The van der Waals surface area contributed by atoms with Crippen molar-refractivity contribution in [3.05, 3.63) is 89.5 Å². The highest BCUT2D eigenvalue weighted by Crippen LogP contribution is 2.31. The third-order valence-electron chi connectivity index (χ3n) is 5.44. The molecule has 0 saturated heterocycles. The van der Waals surface area contributed by atoms with Gasteiger partial charge in [0, 0.05) is 17.3 Å². The maximum absolute atomic E-state index is 15.0. The summed E-state index contributed by atoms with van der Waals surface area (Å²) in [7, 11) is 0. The van der Waals surface area contributed by atoms with Crippen molar-refractivity contribution in [1.82, 2.24) is 9.36 Å². The Morgan fingerprint density at radius 1 is 1.11 bits per heavy atom. The van der Waals surface area contributed by atoms with Gasteiger partial charge < -0.3 is 11.1 Å². The van der Waals surface area contributed by atoms with Crippen molar-refractivity contribution in [1.29, 1.82) is 0 Å². The minimum atomic E-state index is -0.900. The minimum absolute atomic E-state index is 0.0465. The number of nitrogens with one attached hydrogen (secondary N) is 1. The number of hydrazine groups is 1. The molecule has 0 aliphatic rings. The predicted octanol–water partition coefficient (Wildman–Crippen LogP) is 4.45. The average molecular weight is 491 g/mol. The molecular weight excluding hydrogens is 467 g/mol. The number of carbonyl (C=O) groups excluding carboxylic acids is 2. The van der Waals surface area contributed by atoms with E-state index in [-0.39, 0.29) is 22.7 Å². The Hall–Kier alpha value is -4.15. The van der Waals surface area contributed by atoms with E-state index in [0.717, 1.165) is 28.0 Å². The van der Waals surface area contributed by atoms with Gasteiger partial charge in [0.2, 0.25) is 0 Å². The standard InChI is InChI=1S/C25H23FN6O2S/c1-14-11-23(35-31-14)30-21-13-22(19(26)12-18(21)25(27)34)32(28)15(2)24(33)17-8-6-16(7-9-17)20-5-3-4-10-29-20/h3-13,15,30H,28H2,1-2H3,(H2,27,34). The zero-order valence-electron chi connectivity index (χ0n) is 19.0. The molecule has 0 fully saturated rings. The smallest absolute Gasteiger partial charge is 0.250 e. The number of halogens is 1. The van der Waals surface area contributed by atoms with Crippen LogP contribution in [-0.4, -0.2) is 27.1 Å². The van der Waals surface area contributed by atoms with Gasteiger partial charge in [-0.1, -0.05) is 30.3 Å². The summed E-state index contributed by atoms with van der Waals surface area (Å²) in [5.74, 6) is 4.31.